The summed E-state index contributed by atoms with van der Waals surface area (Å²) in [5.74, 6) is 0.565. The monoisotopic (exact) mass is 312 g/mol. The highest BCUT2D eigenvalue weighted by Gasteiger charge is 2.08. The van der Waals surface area contributed by atoms with Crippen molar-refractivity contribution in [2.24, 2.45) is 0 Å². The van der Waals surface area contributed by atoms with Crippen LogP contribution in [0.25, 0.3) is 0 Å². The number of nitrogens with zero attached hydrogens (tertiary/aromatic N) is 2. The van der Waals surface area contributed by atoms with Crippen LogP contribution >= 0.6 is 15.9 Å². The minimum atomic E-state index is -0.311. The van der Waals surface area contributed by atoms with Crippen LogP contribution in [0.15, 0.2) is 28.9 Å². The molecule has 0 aliphatic heterocycles. The molecule has 0 aliphatic rings. The fourth-order valence-electron chi connectivity index (χ4n) is 1.35. The lowest BCUT2D eigenvalue weighted by molar-refractivity contribution is 0.372. The molecular formula is C12H10BrFN2O2. The topological polar surface area (TPSA) is 44.2 Å². The number of halogens is 2. The lowest BCUT2D eigenvalue weighted by Gasteiger charge is -2.08. The second-order valence-electron chi connectivity index (χ2n) is 3.52. The van der Waals surface area contributed by atoms with Crippen LogP contribution in [0.4, 0.5) is 4.39 Å². The van der Waals surface area contributed by atoms with Gasteiger partial charge in [-0.05, 0) is 46.6 Å². The summed E-state index contributed by atoms with van der Waals surface area (Å²) in [5, 5.41) is 0. The summed E-state index contributed by atoms with van der Waals surface area (Å²) in [6.07, 6.45) is 1.53. The summed E-state index contributed by atoms with van der Waals surface area (Å²) >= 11 is 3.24. The van der Waals surface area contributed by atoms with Crippen molar-refractivity contribution in [2.75, 3.05) is 7.11 Å². The first-order valence-electron chi connectivity index (χ1n) is 5.10. The van der Waals surface area contributed by atoms with Crippen molar-refractivity contribution in [3.05, 3.63) is 40.2 Å². The standard InChI is InChI=1S/C12H10BrFN2O2/c1-7-5-8(14)3-4-10(7)18-12-15-6-9(13)11(16-12)17-2/h3-6H,1-2H3. The Balaban J connectivity index is 2.28. The fourth-order valence-corrected chi connectivity index (χ4v) is 1.71. The van der Waals surface area contributed by atoms with Gasteiger partial charge < -0.3 is 9.47 Å². The smallest absolute Gasteiger partial charge is 0.325 e. The summed E-state index contributed by atoms with van der Waals surface area (Å²) in [5.41, 5.74) is 0.667. The van der Waals surface area contributed by atoms with Crippen molar-refractivity contribution in [1.29, 1.82) is 0 Å². The molecule has 0 radical (unpaired) electrons. The zero-order chi connectivity index (χ0) is 13.1. The Morgan fingerprint density at radius 1 is 1.33 bits per heavy atom. The number of hydrogen-bond donors (Lipinski definition) is 0. The molecule has 2 rings (SSSR count). The molecule has 0 saturated carbocycles. The van der Waals surface area contributed by atoms with E-state index in [9.17, 15) is 4.39 Å². The molecule has 4 nitrogen and oxygen atoms in total. The molecule has 1 aromatic carbocycles. The van der Waals surface area contributed by atoms with Crippen LogP contribution in [-0.4, -0.2) is 17.1 Å². The first-order valence-corrected chi connectivity index (χ1v) is 5.90. The van der Waals surface area contributed by atoms with Crippen molar-refractivity contribution in [3.8, 4) is 17.6 Å². The van der Waals surface area contributed by atoms with Gasteiger partial charge in [-0.1, -0.05) is 0 Å². The molecule has 0 fully saturated rings. The van der Waals surface area contributed by atoms with E-state index in [4.69, 9.17) is 9.47 Å². The van der Waals surface area contributed by atoms with Crippen LogP contribution < -0.4 is 9.47 Å². The number of rotatable bonds is 3. The maximum atomic E-state index is 12.9. The summed E-state index contributed by atoms with van der Waals surface area (Å²) < 4.78 is 24.1. The molecule has 0 atom stereocenters. The van der Waals surface area contributed by atoms with E-state index < -0.39 is 0 Å². The van der Waals surface area contributed by atoms with Crippen molar-refractivity contribution >= 4 is 15.9 Å². The summed E-state index contributed by atoms with van der Waals surface area (Å²) in [6.45, 7) is 1.74. The molecule has 1 aromatic heterocycles. The van der Waals surface area contributed by atoms with Crippen molar-refractivity contribution in [3.63, 3.8) is 0 Å². The van der Waals surface area contributed by atoms with E-state index in [1.54, 1.807) is 6.92 Å². The van der Waals surface area contributed by atoms with Crippen LogP contribution in [0, 0.1) is 12.7 Å². The third-order valence-electron chi connectivity index (χ3n) is 2.22. The molecule has 0 aliphatic carbocycles. The Bertz CT molecular complexity index is 578. The van der Waals surface area contributed by atoms with E-state index in [0.717, 1.165) is 0 Å². The van der Waals surface area contributed by atoms with Gasteiger partial charge in [0.25, 0.3) is 0 Å². The maximum absolute atomic E-state index is 12.9. The Kier molecular flexibility index (Phi) is 3.76. The minimum Gasteiger partial charge on any atom is -0.480 e. The zero-order valence-electron chi connectivity index (χ0n) is 9.78. The van der Waals surface area contributed by atoms with E-state index in [-0.39, 0.29) is 11.8 Å². The molecular weight excluding hydrogens is 303 g/mol. The summed E-state index contributed by atoms with van der Waals surface area (Å²) in [4.78, 5) is 8.05. The average Bonchev–Trinajstić information content (AvgIpc) is 2.35. The lowest BCUT2D eigenvalue weighted by Crippen LogP contribution is -1.97. The predicted molar refractivity (Wildman–Crippen MR) is 67.5 cm³/mol. The molecule has 2 aromatic rings. The Morgan fingerprint density at radius 3 is 2.78 bits per heavy atom. The van der Waals surface area contributed by atoms with Gasteiger partial charge in [-0.25, -0.2) is 9.37 Å². The largest absolute Gasteiger partial charge is 0.480 e. The molecule has 0 bridgehead atoms. The Labute approximate surface area is 112 Å². The molecule has 1 heterocycles. The number of aryl methyl sites for hydroxylation is 1. The Morgan fingerprint density at radius 2 is 2.11 bits per heavy atom. The third kappa shape index (κ3) is 2.76. The molecule has 18 heavy (non-hydrogen) atoms. The zero-order valence-corrected chi connectivity index (χ0v) is 11.4. The molecule has 94 valence electrons. The van der Waals surface area contributed by atoms with Crippen LogP contribution in [0.3, 0.4) is 0 Å². The summed E-state index contributed by atoms with van der Waals surface area (Å²) in [7, 11) is 1.50. The number of benzene rings is 1. The van der Waals surface area contributed by atoms with E-state index >= 15 is 0 Å². The van der Waals surface area contributed by atoms with E-state index in [1.165, 1.54) is 31.5 Å². The number of aromatic nitrogens is 2. The highest BCUT2D eigenvalue weighted by Crippen LogP contribution is 2.27. The van der Waals surface area contributed by atoms with Gasteiger partial charge in [-0.3, -0.25) is 0 Å². The Hall–Kier alpha value is -1.69. The van der Waals surface area contributed by atoms with Crippen LogP contribution in [-0.2, 0) is 0 Å². The number of methoxy groups -OCH3 is 1. The van der Waals surface area contributed by atoms with Crippen LogP contribution in [0.2, 0.25) is 0 Å². The first kappa shape index (κ1) is 12.8. The summed E-state index contributed by atoms with van der Waals surface area (Å²) in [6, 6.07) is 4.37. The molecule has 6 heteroatoms. The maximum Gasteiger partial charge on any atom is 0.325 e. The van der Waals surface area contributed by atoms with Gasteiger partial charge >= 0.3 is 6.01 Å². The van der Waals surface area contributed by atoms with Gasteiger partial charge in [0.15, 0.2) is 0 Å². The van der Waals surface area contributed by atoms with Crippen LogP contribution in [0.5, 0.6) is 17.6 Å². The molecule has 0 saturated heterocycles. The molecule has 0 N–H and O–H groups in total. The second-order valence-corrected chi connectivity index (χ2v) is 4.38. The van der Waals surface area contributed by atoms with Gasteiger partial charge in [0.1, 0.15) is 11.6 Å². The highest BCUT2D eigenvalue weighted by atomic mass is 79.9. The molecule has 0 amide bonds. The quantitative estimate of drug-likeness (QED) is 0.870. The van der Waals surface area contributed by atoms with Gasteiger partial charge in [0.2, 0.25) is 5.88 Å². The highest BCUT2D eigenvalue weighted by molar-refractivity contribution is 9.10. The number of hydrogen-bond acceptors (Lipinski definition) is 4. The lowest BCUT2D eigenvalue weighted by atomic mass is 10.2. The minimum absolute atomic E-state index is 0.143. The van der Waals surface area contributed by atoms with Gasteiger partial charge in [-0.15, -0.1) is 0 Å². The van der Waals surface area contributed by atoms with Crippen LogP contribution in [0.1, 0.15) is 5.56 Å². The molecule has 0 unspecified atom stereocenters. The van der Waals surface area contributed by atoms with Gasteiger partial charge in [0, 0.05) is 0 Å². The normalized spacial score (nSPS) is 10.2. The molecule has 0 spiro atoms. The van der Waals surface area contributed by atoms with E-state index in [1.807, 2.05) is 0 Å². The van der Waals surface area contributed by atoms with Gasteiger partial charge in [0.05, 0.1) is 17.8 Å². The van der Waals surface area contributed by atoms with Crippen molar-refractivity contribution in [1.82, 2.24) is 9.97 Å². The fraction of sp³-hybridized carbons (Fsp3) is 0.167. The third-order valence-corrected chi connectivity index (χ3v) is 2.77. The average molecular weight is 313 g/mol. The van der Waals surface area contributed by atoms with E-state index in [0.29, 0.717) is 21.7 Å². The SMILES string of the molecule is COc1nc(Oc2ccc(F)cc2C)ncc1Br. The van der Waals surface area contributed by atoms with Gasteiger partial charge in [-0.2, -0.15) is 4.98 Å². The second kappa shape index (κ2) is 5.30. The number of ether oxygens (including phenoxy) is 2. The first-order chi connectivity index (χ1) is 8.60. The van der Waals surface area contributed by atoms with Crippen molar-refractivity contribution < 1.29 is 13.9 Å². The van der Waals surface area contributed by atoms with Crippen molar-refractivity contribution in [2.45, 2.75) is 6.92 Å². The van der Waals surface area contributed by atoms with E-state index in [2.05, 4.69) is 25.9 Å². The predicted octanol–water partition coefficient (Wildman–Crippen LogP) is 3.49.